The number of rotatable bonds is 2. The van der Waals surface area contributed by atoms with Gasteiger partial charge >= 0.3 is 12.1 Å². The first-order chi connectivity index (χ1) is 8.02. The van der Waals surface area contributed by atoms with E-state index in [1.807, 2.05) is 0 Å². The van der Waals surface area contributed by atoms with Crippen molar-refractivity contribution in [3.63, 3.8) is 0 Å². The molecule has 90 valence electrons. The molecule has 2 rings (SSSR count). The minimum Gasteiger partial charge on any atom is -0.496 e. The molecule has 0 bridgehead atoms. The van der Waals surface area contributed by atoms with Crippen molar-refractivity contribution < 1.29 is 22.3 Å². The van der Waals surface area contributed by atoms with E-state index in [4.69, 9.17) is 4.74 Å². The highest BCUT2D eigenvalue weighted by atomic mass is 19.4. The van der Waals surface area contributed by atoms with Gasteiger partial charge in [-0.1, -0.05) is 12.1 Å². The summed E-state index contributed by atoms with van der Waals surface area (Å²) >= 11 is 0. The van der Waals surface area contributed by atoms with Crippen LogP contribution in [0.2, 0.25) is 0 Å². The SMILES string of the molecule is COc1ccccc1-c1nnc(C(F)(F)F)o1. The molecular weight excluding hydrogens is 237 g/mol. The Morgan fingerprint density at radius 3 is 2.47 bits per heavy atom. The van der Waals surface area contributed by atoms with Gasteiger partial charge in [-0.2, -0.15) is 13.2 Å². The summed E-state index contributed by atoms with van der Waals surface area (Å²) in [7, 11) is 1.40. The maximum absolute atomic E-state index is 12.3. The van der Waals surface area contributed by atoms with Gasteiger partial charge in [0.15, 0.2) is 0 Å². The molecule has 1 heterocycles. The average Bonchev–Trinajstić information content (AvgIpc) is 2.77. The normalized spacial score (nSPS) is 11.5. The summed E-state index contributed by atoms with van der Waals surface area (Å²) in [5.41, 5.74) is 0.318. The first-order valence-corrected chi connectivity index (χ1v) is 4.56. The standard InChI is InChI=1S/C10H7F3N2O2/c1-16-7-5-3-2-4-6(7)8-14-15-9(17-8)10(11,12)13/h2-5H,1H3. The number of nitrogens with zero attached hydrogens (tertiary/aromatic N) is 2. The lowest BCUT2D eigenvalue weighted by atomic mass is 10.2. The number of halogens is 3. The van der Waals surface area contributed by atoms with Crippen LogP contribution in [0.1, 0.15) is 5.89 Å². The van der Waals surface area contributed by atoms with E-state index in [1.165, 1.54) is 13.2 Å². The number of methoxy groups -OCH3 is 1. The number of hydrogen-bond acceptors (Lipinski definition) is 4. The molecule has 4 nitrogen and oxygen atoms in total. The monoisotopic (exact) mass is 244 g/mol. The van der Waals surface area contributed by atoms with Crippen molar-refractivity contribution in [2.24, 2.45) is 0 Å². The van der Waals surface area contributed by atoms with Crippen molar-refractivity contribution in [3.8, 4) is 17.2 Å². The van der Waals surface area contributed by atoms with E-state index in [1.54, 1.807) is 18.2 Å². The van der Waals surface area contributed by atoms with Crippen LogP contribution in [0.3, 0.4) is 0 Å². The number of alkyl halides is 3. The Morgan fingerprint density at radius 1 is 1.18 bits per heavy atom. The van der Waals surface area contributed by atoms with Crippen LogP contribution >= 0.6 is 0 Å². The molecule has 0 aliphatic rings. The molecule has 0 unspecified atom stereocenters. The van der Waals surface area contributed by atoms with Gasteiger partial charge < -0.3 is 9.15 Å². The zero-order valence-corrected chi connectivity index (χ0v) is 8.65. The van der Waals surface area contributed by atoms with Crippen LogP contribution in [0.15, 0.2) is 28.7 Å². The molecule has 0 saturated heterocycles. The van der Waals surface area contributed by atoms with Crippen LogP contribution < -0.4 is 4.74 Å². The van der Waals surface area contributed by atoms with Crippen LogP contribution in [-0.2, 0) is 6.18 Å². The van der Waals surface area contributed by atoms with Gasteiger partial charge in [0.1, 0.15) is 5.75 Å². The smallest absolute Gasteiger partial charge is 0.470 e. The Balaban J connectivity index is 2.44. The van der Waals surface area contributed by atoms with E-state index in [9.17, 15) is 13.2 Å². The predicted octanol–water partition coefficient (Wildman–Crippen LogP) is 2.76. The summed E-state index contributed by atoms with van der Waals surface area (Å²) in [4.78, 5) is 0. The number of para-hydroxylation sites is 1. The molecule has 0 amide bonds. The van der Waals surface area contributed by atoms with Gasteiger partial charge in [0.25, 0.3) is 5.89 Å². The lowest BCUT2D eigenvalue weighted by molar-refractivity contribution is -0.156. The number of hydrogen-bond donors (Lipinski definition) is 0. The van der Waals surface area contributed by atoms with Crippen LogP contribution in [0.4, 0.5) is 13.2 Å². The van der Waals surface area contributed by atoms with Crippen molar-refractivity contribution in [3.05, 3.63) is 30.2 Å². The molecule has 7 heteroatoms. The number of ether oxygens (including phenoxy) is 1. The molecule has 0 N–H and O–H groups in total. The van der Waals surface area contributed by atoms with Crippen molar-refractivity contribution >= 4 is 0 Å². The zero-order chi connectivity index (χ0) is 12.5. The molecule has 1 aromatic carbocycles. The summed E-state index contributed by atoms with van der Waals surface area (Å²) < 4.78 is 46.4. The van der Waals surface area contributed by atoms with Crippen LogP contribution in [0.5, 0.6) is 5.75 Å². The van der Waals surface area contributed by atoms with E-state index < -0.39 is 12.1 Å². The molecule has 0 aliphatic carbocycles. The second-order valence-electron chi connectivity index (χ2n) is 3.11. The average molecular weight is 244 g/mol. The van der Waals surface area contributed by atoms with Crippen LogP contribution in [-0.4, -0.2) is 17.3 Å². The van der Waals surface area contributed by atoms with E-state index in [0.29, 0.717) is 11.3 Å². The van der Waals surface area contributed by atoms with Gasteiger partial charge in [-0.05, 0) is 12.1 Å². The molecule has 0 atom stereocenters. The fourth-order valence-corrected chi connectivity index (χ4v) is 1.27. The lowest BCUT2D eigenvalue weighted by Gasteiger charge is -2.03. The first-order valence-electron chi connectivity index (χ1n) is 4.56. The molecule has 1 aromatic heterocycles. The minimum atomic E-state index is -4.65. The van der Waals surface area contributed by atoms with Gasteiger partial charge in [0, 0.05) is 0 Å². The maximum atomic E-state index is 12.3. The summed E-state index contributed by atoms with van der Waals surface area (Å²) in [5.74, 6) is -1.24. The van der Waals surface area contributed by atoms with Gasteiger partial charge in [-0.3, -0.25) is 0 Å². The molecular formula is C10H7F3N2O2. The highest BCUT2D eigenvalue weighted by Crippen LogP contribution is 2.33. The second-order valence-corrected chi connectivity index (χ2v) is 3.11. The minimum absolute atomic E-state index is 0.227. The van der Waals surface area contributed by atoms with E-state index >= 15 is 0 Å². The maximum Gasteiger partial charge on any atom is 0.470 e. The Hall–Kier alpha value is -2.05. The molecule has 0 fully saturated rings. The third-order valence-electron chi connectivity index (χ3n) is 2.00. The van der Waals surface area contributed by atoms with E-state index in [2.05, 4.69) is 14.6 Å². The third-order valence-corrected chi connectivity index (χ3v) is 2.00. The molecule has 0 saturated carbocycles. The Kier molecular flexibility index (Phi) is 2.74. The third kappa shape index (κ3) is 2.22. The summed E-state index contributed by atoms with van der Waals surface area (Å²) in [5, 5.41) is 6.29. The molecule has 0 spiro atoms. The fraction of sp³-hybridized carbons (Fsp3) is 0.200. The highest BCUT2D eigenvalue weighted by Gasteiger charge is 2.38. The van der Waals surface area contributed by atoms with Crippen molar-refractivity contribution in [2.45, 2.75) is 6.18 Å². The Bertz CT molecular complexity index is 522. The fourth-order valence-electron chi connectivity index (χ4n) is 1.27. The van der Waals surface area contributed by atoms with E-state index in [0.717, 1.165) is 0 Å². The topological polar surface area (TPSA) is 48.2 Å². The number of aromatic nitrogens is 2. The lowest BCUT2D eigenvalue weighted by Crippen LogP contribution is -2.04. The zero-order valence-electron chi connectivity index (χ0n) is 8.65. The van der Waals surface area contributed by atoms with Crippen LogP contribution in [0, 0.1) is 0 Å². The van der Waals surface area contributed by atoms with Gasteiger partial charge in [-0.15, -0.1) is 10.2 Å². The predicted molar refractivity (Wildman–Crippen MR) is 51.3 cm³/mol. The summed E-state index contributed by atoms with van der Waals surface area (Å²) in [6.07, 6.45) is -4.65. The largest absolute Gasteiger partial charge is 0.496 e. The summed E-state index contributed by atoms with van der Waals surface area (Å²) in [6, 6.07) is 6.44. The Morgan fingerprint density at radius 2 is 1.88 bits per heavy atom. The quantitative estimate of drug-likeness (QED) is 0.814. The Labute approximate surface area is 94.0 Å². The van der Waals surface area contributed by atoms with Gasteiger partial charge in [0.2, 0.25) is 0 Å². The van der Waals surface area contributed by atoms with Crippen molar-refractivity contribution in [1.82, 2.24) is 10.2 Å². The molecule has 17 heavy (non-hydrogen) atoms. The summed E-state index contributed by atoms with van der Waals surface area (Å²) in [6.45, 7) is 0. The molecule has 0 radical (unpaired) electrons. The van der Waals surface area contributed by atoms with Gasteiger partial charge in [0.05, 0.1) is 12.7 Å². The molecule has 0 aliphatic heterocycles. The molecule has 2 aromatic rings. The van der Waals surface area contributed by atoms with Crippen molar-refractivity contribution in [1.29, 1.82) is 0 Å². The van der Waals surface area contributed by atoms with Crippen LogP contribution in [0.25, 0.3) is 11.5 Å². The first kappa shape index (κ1) is 11.4. The number of benzene rings is 1. The highest BCUT2D eigenvalue weighted by molar-refractivity contribution is 5.62. The van der Waals surface area contributed by atoms with E-state index in [-0.39, 0.29) is 5.89 Å². The van der Waals surface area contributed by atoms with Crippen molar-refractivity contribution in [2.75, 3.05) is 7.11 Å². The van der Waals surface area contributed by atoms with Gasteiger partial charge in [-0.25, -0.2) is 0 Å². The second kappa shape index (κ2) is 4.08.